The molecule has 0 radical (unpaired) electrons. The zero-order valence-electron chi connectivity index (χ0n) is 8.88. The number of unbranched alkanes of at least 4 members (excludes halogenated alkanes) is 1. The number of hydrogen-bond acceptors (Lipinski definition) is 3. The van der Waals surface area contributed by atoms with Crippen LogP contribution in [0.25, 0.3) is 0 Å². The Kier molecular flexibility index (Phi) is 7.06. The molecule has 14 heavy (non-hydrogen) atoms. The van der Waals surface area contributed by atoms with Crippen molar-refractivity contribution >= 4 is 5.91 Å². The molecule has 0 fully saturated rings. The average Bonchev–Trinajstić information content (AvgIpc) is 2.16. The molecule has 0 aliphatic carbocycles. The van der Waals surface area contributed by atoms with Crippen molar-refractivity contribution in [2.75, 3.05) is 13.3 Å². The number of carbonyl (C=O) groups is 1. The van der Waals surface area contributed by atoms with Crippen molar-refractivity contribution in [1.29, 1.82) is 0 Å². The smallest absolute Gasteiger partial charge is 0.250 e. The Hall–Kier alpha value is -0.870. The molecule has 0 heterocycles. The number of aliphatic hydroxyl groups excluding tert-OH is 1. The molecule has 0 spiro atoms. The van der Waals surface area contributed by atoms with E-state index < -0.39 is 6.10 Å². The van der Waals surface area contributed by atoms with Crippen molar-refractivity contribution in [3.8, 4) is 0 Å². The first-order valence-corrected chi connectivity index (χ1v) is 4.82. The van der Waals surface area contributed by atoms with Crippen LogP contribution in [0.2, 0.25) is 0 Å². The van der Waals surface area contributed by atoms with Crippen LogP contribution in [0.4, 0.5) is 0 Å². The molecule has 0 aliphatic rings. The van der Waals surface area contributed by atoms with Crippen molar-refractivity contribution in [1.82, 2.24) is 5.32 Å². The highest BCUT2D eigenvalue weighted by Gasteiger charge is 2.10. The fourth-order valence-electron chi connectivity index (χ4n) is 0.738. The van der Waals surface area contributed by atoms with Crippen molar-refractivity contribution in [3.63, 3.8) is 0 Å². The largest absolute Gasteiger partial charge is 0.389 e. The highest BCUT2D eigenvalue weighted by Crippen LogP contribution is 1.97. The molecule has 1 atom stereocenters. The van der Waals surface area contributed by atoms with Crippen LogP contribution >= 0.6 is 0 Å². The molecule has 0 aromatic heterocycles. The van der Waals surface area contributed by atoms with E-state index in [-0.39, 0.29) is 18.2 Å². The van der Waals surface area contributed by atoms with Gasteiger partial charge in [-0.2, -0.15) is 0 Å². The topological polar surface area (TPSA) is 58.6 Å². The lowest BCUT2D eigenvalue weighted by atomic mass is 10.2. The summed E-state index contributed by atoms with van der Waals surface area (Å²) in [6, 6.07) is 0. The summed E-state index contributed by atoms with van der Waals surface area (Å²) in [6.45, 7) is 7.83. The number of carbonyl (C=O) groups excluding carboxylic acids is 1. The molecule has 2 N–H and O–H groups in total. The van der Waals surface area contributed by atoms with Crippen molar-refractivity contribution in [2.24, 2.45) is 0 Å². The first kappa shape index (κ1) is 13.1. The van der Waals surface area contributed by atoms with Crippen molar-refractivity contribution < 1.29 is 14.6 Å². The first-order valence-electron chi connectivity index (χ1n) is 4.82. The third-order valence-corrected chi connectivity index (χ3v) is 1.77. The zero-order chi connectivity index (χ0) is 11.0. The lowest BCUT2D eigenvalue weighted by Crippen LogP contribution is -2.30. The Morgan fingerprint density at radius 3 is 2.79 bits per heavy atom. The lowest BCUT2D eigenvalue weighted by molar-refractivity contribution is -0.120. The van der Waals surface area contributed by atoms with E-state index >= 15 is 0 Å². The molecule has 0 aliphatic heterocycles. The Bertz CT molecular complexity index is 190. The molecular weight excluding hydrogens is 182 g/mol. The molecule has 0 saturated carbocycles. The summed E-state index contributed by atoms with van der Waals surface area (Å²) in [5, 5.41) is 11.5. The van der Waals surface area contributed by atoms with Crippen LogP contribution < -0.4 is 5.32 Å². The number of amides is 1. The van der Waals surface area contributed by atoms with Gasteiger partial charge in [-0.1, -0.05) is 19.9 Å². The van der Waals surface area contributed by atoms with Gasteiger partial charge in [-0.25, -0.2) is 0 Å². The Morgan fingerprint density at radius 2 is 2.29 bits per heavy atom. The minimum atomic E-state index is -0.814. The minimum absolute atomic E-state index is 0.157. The third kappa shape index (κ3) is 5.72. The van der Waals surface area contributed by atoms with E-state index in [0.717, 1.165) is 12.8 Å². The molecule has 0 aromatic carbocycles. The summed E-state index contributed by atoms with van der Waals surface area (Å²) in [5.41, 5.74) is 0.157. The molecule has 1 unspecified atom stereocenters. The van der Waals surface area contributed by atoms with E-state index in [1.165, 1.54) is 6.92 Å². The predicted octanol–water partition coefficient (Wildman–Crippen LogP) is 0.814. The standard InChI is InChI=1S/C10H19NO3/c1-4-5-6-14-7-11-10(13)8(2)9(3)12/h9,12H,2,4-7H2,1,3H3,(H,11,13). The van der Waals surface area contributed by atoms with E-state index in [1.54, 1.807) is 0 Å². The Balaban J connectivity index is 3.49. The lowest BCUT2D eigenvalue weighted by Gasteiger charge is -2.09. The van der Waals surface area contributed by atoms with E-state index in [2.05, 4.69) is 18.8 Å². The van der Waals surface area contributed by atoms with Crippen molar-refractivity contribution in [2.45, 2.75) is 32.8 Å². The van der Waals surface area contributed by atoms with Crippen LogP contribution in [-0.2, 0) is 9.53 Å². The van der Waals surface area contributed by atoms with Crippen LogP contribution in [0.1, 0.15) is 26.7 Å². The van der Waals surface area contributed by atoms with Gasteiger partial charge < -0.3 is 15.2 Å². The molecule has 0 bridgehead atoms. The highest BCUT2D eigenvalue weighted by molar-refractivity contribution is 5.93. The maximum atomic E-state index is 11.2. The fourth-order valence-corrected chi connectivity index (χ4v) is 0.738. The summed E-state index contributed by atoms with van der Waals surface area (Å²) in [7, 11) is 0. The van der Waals surface area contributed by atoms with Gasteiger partial charge in [-0.3, -0.25) is 4.79 Å². The summed E-state index contributed by atoms with van der Waals surface area (Å²) < 4.78 is 5.12. The van der Waals surface area contributed by atoms with Gasteiger partial charge in [0.15, 0.2) is 0 Å². The van der Waals surface area contributed by atoms with E-state index in [4.69, 9.17) is 9.84 Å². The molecular formula is C10H19NO3. The predicted molar refractivity (Wildman–Crippen MR) is 54.7 cm³/mol. The van der Waals surface area contributed by atoms with E-state index in [1.807, 2.05) is 0 Å². The minimum Gasteiger partial charge on any atom is -0.389 e. The Morgan fingerprint density at radius 1 is 1.64 bits per heavy atom. The molecule has 0 rings (SSSR count). The van der Waals surface area contributed by atoms with Gasteiger partial charge in [0.1, 0.15) is 6.73 Å². The second kappa shape index (κ2) is 7.53. The Labute approximate surface area is 85.0 Å². The maximum Gasteiger partial charge on any atom is 0.250 e. The van der Waals surface area contributed by atoms with Crippen LogP contribution in [0.3, 0.4) is 0 Å². The first-order chi connectivity index (χ1) is 6.59. The van der Waals surface area contributed by atoms with Gasteiger partial charge in [0.25, 0.3) is 5.91 Å². The molecule has 0 aromatic rings. The number of nitrogens with one attached hydrogen (secondary N) is 1. The second-order valence-corrected chi connectivity index (χ2v) is 3.11. The van der Waals surface area contributed by atoms with Crippen LogP contribution in [0.15, 0.2) is 12.2 Å². The summed E-state index contributed by atoms with van der Waals surface area (Å²) in [4.78, 5) is 11.2. The van der Waals surface area contributed by atoms with Crippen LogP contribution in [0.5, 0.6) is 0 Å². The number of rotatable bonds is 7. The van der Waals surface area contributed by atoms with E-state index in [0.29, 0.717) is 6.61 Å². The summed E-state index contributed by atoms with van der Waals surface area (Å²) in [6.07, 6.45) is 1.23. The summed E-state index contributed by atoms with van der Waals surface area (Å²) >= 11 is 0. The number of hydrogen-bond donors (Lipinski definition) is 2. The number of ether oxygens (including phenoxy) is 1. The summed E-state index contributed by atoms with van der Waals surface area (Å²) in [5.74, 6) is -0.364. The van der Waals surface area contributed by atoms with E-state index in [9.17, 15) is 4.79 Å². The fraction of sp³-hybridized carbons (Fsp3) is 0.700. The van der Waals surface area contributed by atoms with Gasteiger partial charge in [-0.05, 0) is 13.3 Å². The monoisotopic (exact) mass is 201 g/mol. The highest BCUT2D eigenvalue weighted by atomic mass is 16.5. The van der Waals surface area contributed by atoms with Gasteiger partial charge in [0.2, 0.25) is 0 Å². The van der Waals surface area contributed by atoms with Crippen molar-refractivity contribution in [3.05, 3.63) is 12.2 Å². The van der Waals surface area contributed by atoms with Gasteiger partial charge >= 0.3 is 0 Å². The third-order valence-electron chi connectivity index (χ3n) is 1.77. The SMILES string of the molecule is C=C(C(=O)NCOCCCC)C(C)O. The normalized spacial score (nSPS) is 12.2. The quantitative estimate of drug-likeness (QED) is 0.364. The molecule has 4 nitrogen and oxygen atoms in total. The average molecular weight is 201 g/mol. The molecule has 4 heteroatoms. The molecule has 82 valence electrons. The van der Waals surface area contributed by atoms with Gasteiger partial charge in [-0.15, -0.1) is 0 Å². The second-order valence-electron chi connectivity index (χ2n) is 3.11. The van der Waals surface area contributed by atoms with Crippen LogP contribution in [0, 0.1) is 0 Å². The molecule has 0 saturated heterocycles. The number of aliphatic hydroxyl groups is 1. The van der Waals surface area contributed by atoms with Gasteiger partial charge in [0.05, 0.1) is 6.10 Å². The van der Waals surface area contributed by atoms with Crippen LogP contribution in [-0.4, -0.2) is 30.5 Å². The zero-order valence-corrected chi connectivity index (χ0v) is 8.88. The maximum absolute atomic E-state index is 11.2. The molecule has 1 amide bonds. The van der Waals surface area contributed by atoms with Gasteiger partial charge in [0, 0.05) is 12.2 Å².